The van der Waals surface area contributed by atoms with Crippen LogP contribution < -0.4 is 10.6 Å². The van der Waals surface area contributed by atoms with Gasteiger partial charge in [-0.05, 0) is 31.6 Å². The quantitative estimate of drug-likeness (QED) is 0.553. The van der Waals surface area contributed by atoms with Crippen LogP contribution in [0.4, 0.5) is 0 Å². The predicted molar refractivity (Wildman–Crippen MR) is 65.3 cm³/mol. The van der Waals surface area contributed by atoms with E-state index in [4.69, 9.17) is 5.11 Å². The number of phenols is 2. The Labute approximate surface area is 100 Å². The van der Waals surface area contributed by atoms with Crippen LogP contribution in [0, 0.1) is 0 Å². The van der Waals surface area contributed by atoms with Crippen LogP contribution in [0.5, 0.6) is 11.5 Å². The van der Waals surface area contributed by atoms with Crippen LogP contribution >= 0.6 is 0 Å². The fraction of sp³-hybridized carbons (Fsp3) is 0.417. The number of amides is 1. The summed E-state index contributed by atoms with van der Waals surface area (Å²) in [4.78, 5) is 11.6. The number of nitrogens with one attached hydrogen (secondary N) is 2. The number of carbonyl (C=O) groups excluding carboxylic acids is 1. The van der Waals surface area contributed by atoms with Crippen molar-refractivity contribution >= 4 is 5.91 Å². The fourth-order valence-corrected chi connectivity index (χ4v) is 1.40. The second-order valence-corrected chi connectivity index (χ2v) is 3.66. The second-order valence-electron chi connectivity index (χ2n) is 3.66. The van der Waals surface area contributed by atoms with Crippen molar-refractivity contribution in [2.75, 3.05) is 19.6 Å². The van der Waals surface area contributed by atoms with E-state index in [-0.39, 0.29) is 23.0 Å². The molecule has 0 bridgehead atoms. The van der Waals surface area contributed by atoms with Gasteiger partial charge in [0.1, 0.15) is 11.5 Å². The lowest BCUT2D eigenvalue weighted by atomic mass is 10.2. The molecule has 0 aromatic heterocycles. The van der Waals surface area contributed by atoms with Gasteiger partial charge < -0.3 is 20.8 Å². The molecule has 0 saturated carbocycles. The number of benzene rings is 1. The highest BCUT2D eigenvalue weighted by Gasteiger charge is 2.10. The first-order valence-corrected chi connectivity index (χ1v) is 5.66. The Kier molecular flexibility index (Phi) is 5.29. The van der Waals surface area contributed by atoms with Crippen molar-refractivity contribution < 1.29 is 15.0 Å². The zero-order valence-electron chi connectivity index (χ0n) is 9.86. The summed E-state index contributed by atoms with van der Waals surface area (Å²) in [5.41, 5.74) is 0.172. The molecule has 0 saturated heterocycles. The van der Waals surface area contributed by atoms with Gasteiger partial charge in [-0.15, -0.1) is 0 Å². The molecule has 0 spiro atoms. The van der Waals surface area contributed by atoms with Gasteiger partial charge in [-0.3, -0.25) is 4.79 Å². The maximum absolute atomic E-state index is 11.6. The summed E-state index contributed by atoms with van der Waals surface area (Å²) in [5.74, 6) is -0.612. The molecular weight excluding hydrogens is 220 g/mol. The number of rotatable bonds is 6. The molecule has 0 aliphatic heterocycles. The van der Waals surface area contributed by atoms with E-state index in [9.17, 15) is 9.90 Å². The molecule has 0 aliphatic rings. The largest absolute Gasteiger partial charge is 0.508 e. The van der Waals surface area contributed by atoms with Crippen molar-refractivity contribution in [1.29, 1.82) is 0 Å². The first-order valence-electron chi connectivity index (χ1n) is 5.66. The average molecular weight is 238 g/mol. The van der Waals surface area contributed by atoms with Crippen molar-refractivity contribution in [3.8, 4) is 11.5 Å². The number of aromatic hydroxyl groups is 2. The highest BCUT2D eigenvalue weighted by Crippen LogP contribution is 2.22. The maximum atomic E-state index is 11.6. The molecule has 17 heavy (non-hydrogen) atoms. The molecular formula is C12H18N2O3. The molecule has 4 N–H and O–H groups in total. The zero-order chi connectivity index (χ0) is 12.7. The zero-order valence-corrected chi connectivity index (χ0v) is 9.86. The highest BCUT2D eigenvalue weighted by atomic mass is 16.3. The lowest BCUT2D eigenvalue weighted by molar-refractivity contribution is 0.0950. The first-order chi connectivity index (χ1) is 8.15. The van der Waals surface area contributed by atoms with Crippen LogP contribution in [0.2, 0.25) is 0 Å². The molecule has 1 rings (SSSR count). The summed E-state index contributed by atoms with van der Waals surface area (Å²) in [6.07, 6.45) is 0.832. The number of hydrogen-bond acceptors (Lipinski definition) is 4. The molecule has 0 aliphatic carbocycles. The fourth-order valence-electron chi connectivity index (χ4n) is 1.40. The van der Waals surface area contributed by atoms with E-state index in [1.165, 1.54) is 12.1 Å². The van der Waals surface area contributed by atoms with Crippen LogP contribution in [0.25, 0.3) is 0 Å². The van der Waals surface area contributed by atoms with E-state index in [0.29, 0.717) is 6.54 Å². The minimum atomic E-state index is -0.334. The lowest BCUT2D eigenvalue weighted by Gasteiger charge is -2.07. The van der Waals surface area contributed by atoms with E-state index in [0.717, 1.165) is 25.6 Å². The van der Waals surface area contributed by atoms with Gasteiger partial charge in [0.05, 0.1) is 5.56 Å². The van der Waals surface area contributed by atoms with Gasteiger partial charge in [0.25, 0.3) is 5.91 Å². The number of phenolic OH excluding ortho intramolecular Hbond substituents is 2. The molecule has 0 heterocycles. The van der Waals surface area contributed by atoms with E-state index in [2.05, 4.69) is 10.6 Å². The predicted octanol–water partition coefficient (Wildman–Crippen LogP) is 0.827. The Bertz CT molecular complexity index is 380. The summed E-state index contributed by atoms with van der Waals surface area (Å²) in [5, 5.41) is 24.4. The summed E-state index contributed by atoms with van der Waals surface area (Å²) < 4.78 is 0. The van der Waals surface area contributed by atoms with Crippen molar-refractivity contribution in [3.05, 3.63) is 23.8 Å². The van der Waals surface area contributed by atoms with Gasteiger partial charge in [-0.2, -0.15) is 0 Å². The Hall–Kier alpha value is -1.75. The normalized spacial score (nSPS) is 10.2. The first kappa shape index (κ1) is 13.3. The molecule has 94 valence electrons. The third-order valence-electron chi connectivity index (χ3n) is 2.29. The molecule has 5 heteroatoms. The Balaban J connectivity index is 2.42. The molecule has 0 atom stereocenters. The summed E-state index contributed by atoms with van der Waals surface area (Å²) in [6, 6.07) is 3.91. The molecule has 1 amide bonds. The van der Waals surface area contributed by atoms with E-state index >= 15 is 0 Å². The Morgan fingerprint density at radius 3 is 2.71 bits per heavy atom. The Morgan fingerprint density at radius 2 is 2.06 bits per heavy atom. The molecule has 5 nitrogen and oxygen atoms in total. The Morgan fingerprint density at radius 1 is 1.29 bits per heavy atom. The van der Waals surface area contributed by atoms with Crippen molar-refractivity contribution in [2.24, 2.45) is 0 Å². The van der Waals surface area contributed by atoms with Gasteiger partial charge in [-0.25, -0.2) is 0 Å². The van der Waals surface area contributed by atoms with Gasteiger partial charge in [0.15, 0.2) is 0 Å². The standard InChI is InChI=1S/C12H18N2O3/c1-2-13-6-3-7-14-12(17)10-5-4-9(15)8-11(10)16/h4-5,8,13,15-16H,2-3,6-7H2,1H3,(H,14,17). The third-order valence-corrected chi connectivity index (χ3v) is 2.29. The summed E-state index contributed by atoms with van der Waals surface area (Å²) in [7, 11) is 0. The average Bonchev–Trinajstić information content (AvgIpc) is 2.28. The minimum Gasteiger partial charge on any atom is -0.508 e. The van der Waals surface area contributed by atoms with E-state index in [1.807, 2.05) is 6.92 Å². The SMILES string of the molecule is CCNCCCNC(=O)c1ccc(O)cc1O. The highest BCUT2D eigenvalue weighted by molar-refractivity contribution is 5.96. The van der Waals surface area contributed by atoms with Crippen molar-refractivity contribution in [1.82, 2.24) is 10.6 Å². The maximum Gasteiger partial charge on any atom is 0.255 e. The monoisotopic (exact) mass is 238 g/mol. The van der Waals surface area contributed by atoms with Crippen LogP contribution in [0.1, 0.15) is 23.7 Å². The minimum absolute atomic E-state index is 0.0637. The topological polar surface area (TPSA) is 81.6 Å². The summed E-state index contributed by atoms with van der Waals surface area (Å²) >= 11 is 0. The van der Waals surface area contributed by atoms with Gasteiger partial charge in [0, 0.05) is 12.6 Å². The van der Waals surface area contributed by atoms with Gasteiger partial charge in [0.2, 0.25) is 0 Å². The molecule has 1 aromatic rings. The second kappa shape index (κ2) is 6.75. The smallest absolute Gasteiger partial charge is 0.255 e. The number of carbonyl (C=O) groups is 1. The van der Waals surface area contributed by atoms with Crippen LogP contribution in [0.15, 0.2) is 18.2 Å². The number of hydrogen-bond donors (Lipinski definition) is 4. The molecule has 0 radical (unpaired) electrons. The van der Waals surface area contributed by atoms with Gasteiger partial charge >= 0.3 is 0 Å². The van der Waals surface area contributed by atoms with Crippen LogP contribution in [0.3, 0.4) is 0 Å². The van der Waals surface area contributed by atoms with E-state index < -0.39 is 0 Å². The van der Waals surface area contributed by atoms with E-state index in [1.54, 1.807) is 0 Å². The van der Waals surface area contributed by atoms with Crippen LogP contribution in [-0.2, 0) is 0 Å². The molecule has 1 aromatic carbocycles. The van der Waals surface area contributed by atoms with Gasteiger partial charge in [-0.1, -0.05) is 6.92 Å². The van der Waals surface area contributed by atoms with Crippen LogP contribution in [-0.4, -0.2) is 35.8 Å². The molecule has 0 unspecified atom stereocenters. The van der Waals surface area contributed by atoms with Crippen molar-refractivity contribution in [3.63, 3.8) is 0 Å². The molecule has 0 fully saturated rings. The third kappa shape index (κ3) is 4.32. The van der Waals surface area contributed by atoms with Crippen molar-refractivity contribution in [2.45, 2.75) is 13.3 Å². The summed E-state index contributed by atoms with van der Waals surface area (Å²) in [6.45, 7) is 4.32. The lowest BCUT2D eigenvalue weighted by Crippen LogP contribution is -2.27.